The van der Waals surface area contributed by atoms with Crippen LogP contribution in [0.4, 0.5) is 5.13 Å². The lowest BCUT2D eigenvalue weighted by molar-refractivity contribution is -0.116. The molecule has 5 nitrogen and oxygen atoms in total. The number of anilines is 1. The topological polar surface area (TPSA) is 85.1 Å². The Kier molecular flexibility index (Phi) is 6.29. The lowest BCUT2D eigenvalue weighted by atomic mass is 10.1. The maximum Gasteiger partial charge on any atom is 0.230 e. The minimum absolute atomic E-state index is 0.123. The number of primary amides is 1. The van der Waals surface area contributed by atoms with Crippen molar-refractivity contribution in [3.05, 3.63) is 39.5 Å². The van der Waals surface area contributed by atoms with E-state index < -0.39 is 5.91 Å². The van der Waals surface area contributed by atoms with Gasteiger partial charge in [0.25, 0.3) is 0 Å². The Morgan fingerprint density at radius 1 is 1.39 bits per heavy atom. The number of halogens is 2. The van der Waals surface area contributed by atoms with Crippen molar-refractivity contribution in [3.63, 3.8) is 0 Å². The third-order valence-electron chi connectivity index (χ3n) is 2.71. The molecule has 122 valence electrons. The number of nitrogens with one attached hydrogen (secondary N) is 1. The fraction of sp³-hybridized carbons (Fsp3) is 0.214. The minimum atomic E-state index is -0.397. The highest BCUT2D eigenvalue weighted by Crippen LogP contribution is 2.32. The molecule has 0 bridgehead atoms. The number of benzene rings is 1. The number of aromatic nitrogens is 1. The SMILES string of the molecule is Cc1nc(NC(=O)Cc2ccc(Cl)cc2Cl)sc1SCC(N)=O. The van der Waals surface area contributed by atoms with E-state index in [1.54, 1.807) is 18.2 Å². The monoisotopic (exact) mass is 389 g/mol. The molecule has 2 aromatic rings. The molecule has 0 fully saturated rings. The summed E-state index contributed by atoms with van der Waals surface area (Å²) < 4.78 is 0.851. The molecule has 1 aromatic heterocycles. The molecule has 0 spiro atoms. The van der Waals surface area contributed by atoms with Crippen molar-refractivity contribution in [3.8, 4) is 0 Å². The highest BCUT2D eigenvalue weighted by molar-refractivity contribution is 8.01. The van der Waals surface area contributed by atoms with Gasteiger partial charge in [-0.05, 0) is 24.6 Å². The van der Waals surface area contributed by atoms with E-state index in [-0.39, 0.29) is 18.1 Å². The summed E-state index contributed by atoms with van der Waals surface area (Å²) in [5, 5.41) is 4.17. The van der Waals surface area contributed by atoms with Crippen molar-refractivity contribution in [2.24, 2.45) is 5.73 Å². The average Bonchev–Trinajstić information content (AvgIpc) is 2.79. The Labute approximate surface area is 151 Å². The van der Waals surface area contributed by atoms with Gasteiger partial charge in [0.05, 0.1) is 22.1 Å². The number of nitrogens with two attached hydrogens (primary N) is 1. The van der Waals surface area contributed by atoms with Gasteiger partial charge in [-0.3, -0.25) is 9.59 Å². The maximum atomic E-state index is 12.1. The first kappa shape index (κ1) is 18.1. The molecule has 0 radical (unpaired) electrons. The second-order valence-corrected chi connectivity index (χ2v) is 7.69. The summed E-state index contributed by atoms with van der Waals surface area (Å²) in [5.74, 6) is -0.447. The number of nitrogens with zero attached hydrogens (tertiary/aromatic N) is 1. The Hall–Kier alpha value is -1.28. The molecule has 1 heterocycles. The van der Waals surface area contributed by atoms with Crippen LogP contribution in [0.5, 0.6) is 0 Å². The van der Waals surface area contributed by atoms with Gasteiger partial charge in [-0.15, -0.1) is 11.8 Å². The third kappa shape index (κ3) is 5.39. The van der Waals surface area contributed by atoms with E-state index in [1.807, 2.05) is 6.92 Å². The van der Waals surface area contributed by atoms with Crippen LogP contribution in [0.3, 0.4) is 0 Å². The van der Waals surface area contributed by atoms with Gasteiger partial charge in [-0.2, -0.15) is 0 Å². The lowest BCUT2D eigenvalue weighted by Crippen LogP contribution is -2.14. The van der Waals surface area contributed by atoms with Crippen molar-refractivity contribution in [2.45, 2.75) is 17.6 Å². The molecular formula is C14H13Cl2N3O2S2. The molecule has 2 amide bonds. The average molecular weight is 390 g/mol. The Morgan fingerprint density at radius 2 is 2.13 bits per heavy atom. The first-order valence-electron chi connectivity index (χ1n) is 6.47. The number of hydrogen-bond donors (Lipinski definition) is 2. The van der Waals surface area contributed by atoms with Gasteiger partial charge >= 0.3 is 0 Å². The van der Waals surface area contributed by atoms with Crippen LogP contribution in [-0.2, 0) is 16.0 Å². The van der Waals surface area contributed by atoms with E-state index in [9.17, 15) is 9.59 Å². The third-order valence-corrected chi connectivity index (χ3v) is 5.76. The Bertz CT molecular complexity index is 750. The second-order valence-electron chi connectivity index (χ2n) is 4.61. The fourth-order valence-corrected chi connectivity index (χ4v) is 4.08. The largest absolute Gasteiger partial charge is 0.369 e. The number of carbonyl (C=O) groups is 2. The van der Waals surface area contributed by atoms with Gasteiger partial charge in [-0.1, -0.05) is 40.6 Å². The van der Waals surface area contributed by atoms with Gasteiger partial charge in [0.1, 0.15) is 0 Å². The molecule has 2 rings (SSSR count). The van der Waals surface area contributed by atoms with Gasteiger partial charge in [0.2, 0.25) is 11.8 Å². The van der Waals surface area contributed by atoms with E-state index in [4.69, 9.17) is 28.9 Å². The van der Waals surface area contributed by atoms with Crippen LogP contribution in [-0.4, -0.2) is 22.6 Å². The zero-order chi connectivity index (χ0) is 17.0. The fourth-order valence-electron chi connectivity index (χ4n) is 1.71. The van der Waals surface area contributed by atoms with Crippen LogP contribution in [0.25, 0.3) is 0 Å². The first-order valence-corrected chi connectivity index (χ1v) is 9.03. The van der Waals surface area contributed by atoms with E-state index >= 15 is 0 Å². The molecule has 1 aromatic carbocycles. The van der Waals surface area contributed by atoms with Crippen molar-refractivity contribution >= 4 is 63.2 Å². The van der Waals surface area contributed by atoms with Crippen molar-refractivity contribution in [1.29, 1.82) is 0 Å². The van der Waals surface area contributed by atoms with E-state index in [0.29, 0.717) is 20.7 Å². The van der Waals surface area contributed by atoms with E-state index in [1.165, 1.54) is 23.1 Å². The molecule has 0 unspecified atom stereocenters. The first-order chi connectivity index (χ1) is 10.8. The van der Waals surface area contributed by atoms with Crippen LogP contribution < -0.4 is 11.1 Å². The summed E-state index contributed by atoms with van der Waals surface area (Å²) in [5.41, 5.74) is 6.56. The summed E-state index contributed by atoms with van der Waals surface area (Å²) >= 11 is 14.5. The standard InChI is InChI=1S/C14H13Cl2N3O2S2/c1-7-13(22-6-11(17)20)23-14(18-7)19-12(21)4-8-2-3-9(15)5-10(8)16/h2-3,5H,4,6H2,1H3,(H2,17,20)(H,18,19,21). The summed E-state index contributed by atoms with van der Waals surface area (Å²) in [6.07, 6.45) is 0.123. The lowest BCUT2D eigenvalue weighted by Gasteiger charge is -2.04. The van der Waals surface area contributed by atoms with E-state index in [2.05, 4.69) is 10.3 Å². The predicted molar refractivity (Wildman–Crippen MR) is 95.6 cm³/mol. The molecule has 23 heavy (non-hydrogen) atoms. The van der Waals surface area contributed by atoms with Gasteiger partial charge < -0.3 is 11.1 Å². The summed E-state index contributed by atoms with van der Waals surface area (Å²) in [6.45, 7) is 1.81. The van der Waals surface area contributed by atoms with Gasteiger partial charge in [-0.25, -0.2) is 4.98 Å². The highest BCUT2D eigenvalue weighted by atomic mass is 35.5. The summed E-state index contributed by atoms with van der Waals surface area (Å²) in [7, 11) is 0. The van der Waals surface area contributed by atoms with Crippen LogP contribution in [0.2, 0.25) is 10.0 Å². The quantitative estimate of drug-likeness (QED) is 0.740. The number of rotatable bonds is 6. The maximum absolute atomic E-state index is 12.1. The number of aryl methyl sites for hydroxylation is 1. The van der Waals surface area contributed by atoms with Crippen molar-refractivity contribution in [2.75, 3.05) is 11.1 Å². The molecule has 9 heteroatoms. The Balaban J connectivity index is 2.00. The van der Waals surface area contributed by atoms with Crippen LogP contribution >= 0.6 is 46.3 Å². The number of carbonyl (C=O) groups excluding carboxylic acids is 2. The zero-order valence-electron chi connectivity index (χ0n) is 12.1. The molecule has 0 saturated carbocycles. The molecule has 3 N–H and O–H groups in total. The molecule has 0 atom stereocenters. The van der Waals surface area contributed by atoms with Gasteiger partial charge in [0.15, 0.2) is 5.13 Å². The highest BCUT2D eigenvalue weighted by Gasteiger charge is 2.13. The van der Waals surface area contributed by atoms with Crippen LogP contribution in [0.15, 0.2) is 22.4 Å². The molecule has 0 aliphatic rings. The van der Waals surface area contributed by atoms with Crippen LogP contribution in [0, 0.1) is 6.92 Å². The number of hydrogen-bond acceptors (Lipinski definition) is 5. The van der Waals surface area contributed by atoms with Gasteiger partial charge in [0, 0.05) is 10.0 Å². The second kappa shape index (κ2) is 8.01. The zero-order valence-corrected chi connectivity index (χ0v) is 15.2. The summed E-state index contributed by atoms with van der Waals surface area (Å²) in [6, 6.07) is 4.99. The van der Waals surface area contributed by atoms with Crippen molar-refractivity contribution in [1.82, 2.24) is 4.98 Å². The van der Waals surface area contributed by atoms with Crippen LogP contribution in [0.1, 0.15) is 11.3 Å². The predicted octanol–water partition coefficient (Wildman–Crippen LogP) is 3.52. The molecule has 0 aliphatic heterocycles. The summed E-state index contributed by atoms with van der Waals surface area (Å²) in [4.78, 5) is 27.2. The molecule has 0 saturated heterocycles. The normalized spacial score (nSPS) is 10.6. The Morgan fingerprint density at radius 3 is 2.78 bits per heavy atom. The van der Waals surface area contributed by atoms with E-state index in [0.717, 1.165) is 9.90 Å². The minimum Gasteiger partial charge on any atom is -0.369 e. The number of thioether (sulfide) groups is 1. The molecular weight excluding hydrogens is 377 g/mol. The number of thiazole rings is 1. The molecule has 0 aliphatic carbocycles. The number of amides is 2. The van der Waals surface area contributed by atoms with Crippen molar-refractivity contribution < 1.29 is 9.59 Å². The smallest absolute Gasteiger partial charge is 0.230 e.